The monoisotopic (exact) mass is 210 g/mol. The van der Waals surface area contributed by atoms with Crippen LogP contribution in [0.5, 0.6) is 0 Å². The van der Waals surface area contributed by atoms with Gasteiger partial charge in [-0.05, 0) is 37.1 Å². The number of ketones is 1. The van der Waals surface area contributed by atoms with Crippen molar-refractivity contribution in [1.29, 1.82) is 0 Å². The first-order valence-corrected chi connectivity index (χ1v) is 5.85. The average molecular weight is 210 g/mol. The topological polar surface area (TPSA) is 26.3 Å². The van der Waals surface area contributed by atoms with Crippen LogP contribution in [0.15, 0.2) is 16.8 Å². The quantitative estimate of drug-likeness (QED) is 0.717. The molecule has 2 rings (SSSR count). The Morgan fingerprint density at radius 1 is 1.50 bits per heavy atom. The molecule has 3 heteroatoms. The summed E-state index contributed by atoms with van der Waals surface area (Å²) in [7, 11) is 1.65. The predicted octanol–water partition coefficient (Wildman–Crippen LogP) is 2.89. The zero-order valence-corrected chi connectivity index (χ0v) is 9.10. The van der Waals surface area contributed by atoms with Gasteiger partial charge in [-0.25, -0.2) is 0 Å². The van der Waals surface area contributed by atoms with E-state index < -0.39 is 5.60 Å². The van der Waals surface area contributed by atoms with Crippen molar-refractivity contribution in [3.05, 3.63) is 22.4 Å². The van der Waals surface area contributed by atoms with Crippen LogP contribution in [0, 0.1) is 0 Å². The summed E-state index contributed by atoms with van der Waals surface area (Å²) in [5, 5.41) is 3.84. The highest BCUT2D eigenvalue weighted by molar-refractivity contribution is 7.08. The number of ether oxygens (including phenoxy) is 1. The van der Waals surface area contributed by atoms with Crippen molar-refractivity contribution in [2.75, 3.05) is 7.11 Å². The molecule has 0 N–H and O–H groups in total. The third-order valence-electron chi connectivity index (χ3n) is 3.00. The number of hydrogen-bond acceptors (Lipinski definition) is 3. The molecule has 1 fully saturated rings. The summed E-state index contributed by atoms with van der Waals surface area (Å²) in [6.07, 6.45) is 3.95. The third kappa shape index (κ3) is 1.51. The van der Waals surface area contributed by atoms with Crippen LogP contribution < -0.4 is 0 Å². The molecule has 1 saturated carbocycles. The van der Waals surface area contributed by atoms with E-state index in [4.69, 9.17) is 4.74 Å². The maximum Gasteiger partial charge on any atom is 0.195 e. The molecule has 2 nitrogen and oxygen atoms in total. The second-order valence-electron chi connectivity index (χ2n) is 3.75. The van der Waals surface area contributed by atoms with Crippen LogP contribution in [-0.2, 0) is 4.74 Å². The molecule has 0 atom stereocenters. The summed E-state index contributed by atoms with van der Waals surface area (Å²) >= 11 is 1.56. The van der Waals surface area contributed by atoms with E-state index >= 15 is 0 Å². The van der Waals surface area contributed by atoms with E-state index in [1.165, 1.54) is 0 Å². The summed E-state index contributed by atoms with van der Waals surface area (Å²) < 4.78 is 5.44. The molecule has 1 aromatic rings. The van der Waals surface area contributed by atoms with Crippen molar-refractivity contribution >= 4 is 17.1 Å². The fourth-order valence-electron chi connectivity index (χ4n) is 2.13. The van der Waals surface area contributed by atoms with Gasteiger partial charge in [-0.3, -0.25) is 4.79 Å². The summed E-state index contributed by atoms with van der Waals surface area (Å²) in [6, 6.07) is 1.88. The van der Waals surface area contributed by atoms with Crippen molar-refractivity contribution in [2.45, 2.75) is 31.3 Å². The summed E-state index contributed by atoms with van der Waals surface area (Å²) in [5.74, 6) is 0.166. The van der Waals surface area contributed by atoms with Crippen molar-refractivity contribution in [2.24, 2.45) is 0 Å². The summed E-state index contributed by atoms with van der Waals surface area (Å²) in [5.41, 5.74) is 0.292. The van der Waals surface area contributed by atoms with Gasteiger partial charge >= 0.3 is 0 Å². The molecular formula is C11H14O2S. The largest absolute Gasteiger partial charge is 0.370 e. The lowest BCUT2D eigenvalue weighted by atomic mass is 9.92. The SMILES string of the molecule is COC1(C(=O)c2ccsc2)CCCC1. The van der Waals surface area contributed by atoms with Gasteiger partial charge in [-0.15, -0.1) is 0 Å². The lowest BCUT2D eigenvalue weighted by molar-refractivity contribution is 0.00606. The lowest BCUT2D eigenvalue weighted by Gasteiger charge is -2.25. The molecule has 0 amide bonds. The number of thiophene rings is 1. The van der Waals surface area contributed by atoms with Gasteiger partial charge in [-0.1, -0.05) is 0 Å². The lowest BCUT2D eigenvalue weighted by Crippen LogP contribution is -2.37. The van der Waals surface area contributed by atoms with Gasteiger partial charge < -0.3 is 4.74 Å². The number of methoxy groups -OCH3 is 1. The van der Waals surface area contributed by atoms with Crippen LogP contribution in [0.2, 0.25) is 0 Å². The molecular weight excluding hydrogens is 196 g/mol. The van der Waals surface area contributed by atoms with E-state index in [9.17, 15) is 4.79 Å². The molecule has 1 aliphatic carbocycles. The Hall–Kier alpha value is -0.670. The first kappa shape index (κ1) is 9.87. The van der Waals surface area contributed by atoms with Crippen molar-refractivity contribution in [1.82, 2.24) is 0 Å². The summed E-state index contributed by atoms with van der Waals surface area (Å²) in [4.78, 5) is 12.1. The van der Waals surface area contributed by atoms with E-state index in [1.54, 1.807) is 18.4 Å². The molecule has 0 spiro atoms. The van der Waals surface area contributed by atoms with Crippen molar-refractivity contribution < 1.29 is 9.53 Å². The highest BCUT2D eigenvalue weighted by Gasteiger charge is 2.41. The van der Waals surface area contributed by atoms with Gasteiger partial charge in [0.15, 0.2) is 5.78 Å². The Kier molecular flexibility index (Phi) is 2.70. The minimum Gasteiger partial charge on any atom is -0.370 e. The van der Waals surface area contributed by atoms with E-state index in [1.807, 2.05) is 16.8 Å². The Bertz CT molecular complexity index is 310. The second kappa shape index (κ2) is 3.83. The molecule has 1 aromatic heterocycles. The predicted molar refractivity (Wildman–Crippen MR) is 56.9 cm³/mol. The normalized spacial score (nSPS) is 19.8. The van der Waals surface area contributed by atoms with E-state index in [0.717, 1.165) is 31.2 Å². The van der Waals surface area contributed by atoms with E-state index in [2.05, 4.69) is 0 Å². The number of rotatable bonds is 3. The maximum absolute atomic E-state index is 12.1. The van der Waals surface area contributed by atoms with Crippen molar-refractivity contribution in [3.63, 3.8) is 0 Å². The first-order chi connectivity index (χ1) is 6.78. The van der Waals surface area contributed by atoms with Gasteiger partial charge in [0.2, 0.25) is 0 Å². The number of carbonyl (C=O) groups is 1. The van der Waals surface area contributed by atoms with Gasteiger partial charge in [0, 0.05) is 18.1 Å². The molecule has 1 heterocycles. The van der Waals surface area contributed by atoms with Gasteiger partial charge in [0.25, 0.3) is 0 Å². The average Bonchev–Trinajstić information content (AvgIpc) is 2.89. The molecule has 0 saturated heterocycles. The Balaban J connectivity index is 2.24. The molecule has 0 unspecified atom stereocenters. The Labute approximate surface area is 87.9 Å². The molecule has 1 aliphatic rings. The van der Waals surface area contributed by atoms with Crippen LogP contribution in [0.1, 0.15) is 36.0 Å². The minimum absolute atomic E-state index is 0.166. The van der Waals surface area contributed by atoms with E-state index in [-0.39, 0.29) is 5.78 Å². The van der Waals surface area contributed by atoms with Crippen LogP contribution in [0.3, 0.4) is 0 Å². The van der Waals surface area contributed by atoms with Crippen LogP contribution in [0.4, 0.5) is 0 Å². The molecule has 14 heavy (non-hydrogen) atoms. The van der Waals surface area contributed by atoms with Crippen LogP contribution in [-0.4, -0.2) is 18.5 Å². The first-order valence-electron chi connectivity index (χ1n) is 4.91. The van der Waals surface area contributed by atoms with Crippen LogP contribution >= 0.6 is 11.3 Å². The highest BCUT2D eigenvalue weighted by Crippen LogP contribution is 2.35. The Morgan fingerprint density at radius 2 is 2.21 bits per heavy atom. The number of Topliss-reactive ketones (excluding diaryl/α,β-unsaturated/α-hetero) is 1. The van der Waals surface area contributed by atoms with Crippen molar-refractivity contribution in [3.8, 4) is 0 Å². The number of hydrogen-bond donors (Lipinski definition) is 0. The van der Waals surface area contributed by atoms with Gasteiger partial charge in [0.1, 0.15) is 5.60 Å². The zero-order chi connectivity index (χ0) is 10.0. The van der Waals surface area contributed by atoms with Gasteiger partial charge in [-0.2, -0.15) is 11.3 Å². The molecule has 0 aromatic carbocycles. The third-order valence-corrected chi connectivity index (χ3v) is 3.68. The fraction of sp³-hybridized carbons (Fsp3) is 0.545. The maximum atomic E-state index is 12.1. The smallest absolute Gasteiger partial charge is 0.195 e. The van der Waals surface area contributed by atoms with Gasteiger partial charge in [0.05, 0.1) is 0 Å². The van der Waals surface area contributed by atoms with E-state index in [0.29, 0.717) is 0 Å². The standard InChI is InChI=1S/C11H14O2S/c1-13-11(5-2-3-6-11)10(12)9-4-7-14-8-9/h4,7-8H,2-3,5-6H2,1H3. The number of carbonyl (C=O) groups excluding carboxylic acids is 1. The molecule has 0 radical (unpaired) electrons. The second-order valence-corrected chi connectivity index (χ2v) is 4.53. The minimum atomic E-state index is -0.513. The molecule has 0 aliphatic heterocycles. The fourth-order valence-corrected chi connectivity index (χ4v) is 2.76. The highest BCUT2D eigenvalue weighted by atomic mass is 32.1. The summed E-state index contributed by atoms with van der Waals surface area (Å²) in [6.45, 7) is 0. The Morgan fingerprint density at radius 3 is 2.71 bits per heavy atom. The molecule has 0 bridgehead atoms. The molecule has 76 valence electrons. The zero-order valence-electron chi connectivity index (χ0n) is 8.29. The van der Waals surface area contributed by atoms with Crippen LogP contribution in [0.25, 0.3) is 0 Å².